The van der Waals surface area contributed by atoms with Crippen LogP contribution < -0.4 is 5.73 Å². The summed E-state index contributed by atoms with van der Waals surface area (Å²) in [6, 6.07) is 3.32. The molecule has 3 heteroatoms. The minimum absolute atomic E-state index is 0.203. The molecule has 0 radical (unpaired) electrons. The number of nitrogens with two attached hydrogens (primary N) is 1. The fourth-order valence-electron chi connectivity index (χ4n) is 2.08. The van der Waals surface area contributed by atoms with Crippen molar-refractivity contribution in [2.75, 3.05) is 0 Å². The van der Waals surface area contributed by atoms with Gasteiger partial charge in [-0.1, -0.05) is 12.1 Å². The summed E-state index contributed by atoms with van der Waals surface area (Å²) < 4.78 is 13.8. The zero-order valence-corrected chi connectivity index (χ0v) is 7.96. The highest BCUT2D eigenvalue weighted by molar-refractivity contribution is 5.37. The van der Waals surface area contributed by atoms with Crippen molar-refractivity contribution in [1.29, 1.82) is 0 Å². The van der Waals surface area contributed by atoms with Gasteiger partial charge in [0.2, 0.25) is 0 Å². The van der Waals surface area contributed by atoms with Crippen LogP contribution >= 0.6 is 0 Å². The smallest absolute Gasteiger partial charge is 0.133 e. The molecule has 0 spiro atoms. The molecule has 1 aromatic rings. The van der Waals surface area contributed by atoms with E-state index in [0.29, 0.717) is 11.1 Å². The Morgan fingerprint density at radius 3 is 3.00 bits per heavy atom. The van der Waals surface area contributed by atoms with Crippen LogP contribution in [0, 0.1) is 5.82 Å². The molecule has 1 aliphatic rings. The van der Waals surface area contributed by atoms with E-state index in [9.17, 15) is 4.39 Å². The molecule has 14 heavy (non-hydrogen) atoms. The highest BCUT2D eigenvalue weighted by Crippen LogP contribution is 2.31. The molecule has 0 saturated carbocycles. The van der Waals surface area contributed by atoms with Crippen molar-refractivity contribution in [3.63, 3.8) is 0 Å². The van der Waals surface area contributed by atoms with Crippen molar-refractivity contribution in [3.8, 4) is 0 Å². The first-order valence-corrected chi connectivity index (χ1v) is 4.90. The van der Waals surface area contributed by atoms with Gasteiger partial charge in [-0.15, -0.1) is 0 Å². The van der Waals surface area contributed by atoms with Gasteiger partial charge in [-0.25, -0.2) is 4.39 Å². The molecule has 0 fully saturated rings. The van der Waals surface area contributed by atoms with Crippen LogP contribution in [0.1, 0.15) is 35.6 Å². The van der Waals surface area contributed by atoms with E-state index in [0.717, 1.165) is 24.8 Å². The number of halogens is 1. The van der Waals surface area contributed by atoms with E-state index in [2.05, 4.69) is 0 Å². The first-order valence-electron chi connectivity index (χ1n) is 4.90. The minimum atomic E-state index is -0.308. The molecular weight excluding hydrogens is 181 g/mol. The van der Waals surface area contributed by atoms with Crippen molar-refractivity contribution in [1.82, 2.24) is 0 Å². The molecule has 0 aromatic heterocycles. The summed E-state index contributed by atoms with van der Waals surface area (Å²) in [6.45, 7) is -0.258. The maximum atomic E-state index is 13.8. The maximum absolute atomic E-state index is 13.8. The quantitative estimate of drug-likeness (QED) is 0.715. The maximum Gasteiger partial charge on any atom is 0.133 e. The van der Waals surface area contributed by atoms with E-state index in [4.69, 9.17) is 10.8 Å². The number of fused-ring (bicyclic) bond motifs is 1. The second kappa shape index (κ2) is 3.67. The van der Waals surface area contributed by atoms with Gasteiger partial charge in [-0.05, 0) is 24.8 Å². The molecule has 1 unspecified atom stereocenters. The topological polar surface area (TPSA) is 46.2 Å². The number of hydrogen-bond donors (Lipinski definition) is 2. The molecule has 0 bridgehead atoms. The molecule has 1 aliphatic carbocycles. The van der Waals surface area contributed by atoms with Crippen molar-refractivity contribution >= 4 is 0 Å². The predicted molar refractivity (Wildman–Crippen MR) is 52.2 cm³/mol. The number of benzene rings is 1. The summed E-state index contributed by atoms with van der Waals surface area (Å²) in [5.74, 6) is -0.308. The van der Waals surface area contributed by atoms with Crippen molar-refractivity contribution in [2.45, 2.75) is 31.9 Å². The van der Waals surface area contributed by atoms with Crippen molar-refractivity contribution in [2.24, 2.45) is 5.73 Å². The van der Waals surface area contributed by atoms with Gasteiger partial charge in [0.1, 0.15) is 5.82 Å². The van der Waals surface area contributed by atoms with E-state index in [-0.39, 0.29) is 18.5 Å². The Morgan fingerprint density at radius 2 is 2.29 bits per heavy atom. The second-order valence-electron chi connectivity index (χ2n) is 3.77. The average Bonchev–Trinajstić information content (AvgIpc) is 2.18. The van der Waals surface area contributed by atoms with E-state index < -0.39 is 0 Å². The van der Waals surface area contributed by atoms with Gasteiger partial charge >= 0.3 is 0 Å². The van der Waals surface area contributed by atoms with Gasteiger partial charge in [0.25, 0.3) is 0 Å². The molecule has 0 saturated heterocycles. The molecule has 1 aromatic carbocycles. The summed E-state index contributed by atoms with van der Waals surface area (Å²) in [6.07, 6.45) is 2.75. The molecule has 1 atom stereocenters. The largest absolute Gasteiger partial charge is 0.392 e. The number of hydrogen-bond acceptors (Lipinski definition) is 2. The Balaban J connectivity index is 2.54. The lowest BCUT2D eigenvalue weighted by molar-refractivity contribution is 0.274. The van der Waals surface area contributed by atoms with Crippen LogP contribution in [0.15, 0.2) is 12.1 Å². The molecule has 2 nitrogen and oxygen atoms in total. The van der Waals surface area contributed by atoms with Crippen LogP contribution in [0.4, 0.5) is 4.39 Å². The lowest BCUT2D eigenvalue weighted by Gasteiger charge is -2.23. The van der Waals surface area contributed by atoms with E-state index in [1.807, 2.05) is 6.07 Å². The third-order valence-electron chi connectivity index (χ3n) is 2.85. The number of aliphatic hydroxyl groups excluding tert-OH is 1. The molecule has 0 heterocycles. The van der Waals surface area contributed by atoms with Gasteiger partial charge in [0, 0.05) is 17.2 Å². The molecule has 2 rings (SSSR count). The lowest BCUT2D eigenvalue weighted by Crippen LogP contribution is -2.20. The SMILES string of the molecule is NC1CCCc2ccc(CO)c(F)c21. The van der Waals surface area contributed by atoms with E-state index in [1.54, 1.807) is 6.07 Å². The normalized spacial score (nSPS) is 20.6. The van der Waals surface area contributed by atoms with Gasteiger partial charge in [-0.2, -0.15) is 0 Å². The summed E-state index contributed by atoms with van der Waals surface area (Å²) in [5, 5.41) is 8.93. The van der Waals surface area contributed by atoms with Gasteiger partial charge in [0.15, 0.2) is 0 Å². The predicted octanol–water partition coefficient (Wildman–Crippen LogP) is 1.65. The highest BCUT2D eigenvalue weighted by Gasteiger charge is 2.22. The molecule has 3 N–H and O–H groups in total. The molecule has 76 valence electrons. The Labute approximate surface area is 82.5 Å². The third kappa shape index (κ3) is 1.42. The number of aryl methyl sites for hydroxylation is 1. The minimum Gasteiger partial charge on any atom is -0.392 e. The zero-order valence-electron chi connectivity index (χ0n) is 7.96. The van der Waals surface area contributed by atoms with Gasteiger partial charge in [0.05, 0.1) is 6.61 Å². The Bertz CT molecular complexity index is 351. The monoisotopic (exact) mass is 195 g/mol. The second-order valence-corrected chi connectivity index (χ2v) is 3.77. The average molecular weight is 195 g/mol. The summed E-state index contributed by atoms with van der Waals surface area (Å²) in [4.78, 5) is 0. The standard InChI is InChI=1S/C11H14FNO/c12-11-8(6-14)5-4-7-2-1-3-9(13)10(7)11/h4-5,9,14H,1-3,6,13H2. The summed E-state index contributed by atoms with van der Waals surface area (Å²) in [7, 11) is 0. The van der Waals surface area contributed by atoms with E-state index >= 15 is 0 Å². The lowest BCUT2D eigenvalue weighted by atomic mass is 9.86. The van der Waals surface area contributed by atoms with E-state index in [1.165, 1.54) is 0 Å². The summed E-state index contributed by atoms with van der Waals surface area (Å²) >= 11 is 0. The highest BCUT2D eigenvalue weighted by atomic mass is 19.1. The van der Waals surface area contributed by atoms with Crippen LogP contribution in [-0.2, 0) is 13.0 Å². The van der Waals surface area contributed by atoms with Gasteiger partial charge < -0.3 is 10.8 Å². The van der Waals surface area contributed by atoms with Gasteiger partial charge in [-0.3, -0.25) is 0 Å². The van der Waals surface area contributed by atoms with Crippen LogP contribution in [0.2, 0.25) is 0 Å². The molecule has 0 aliphatic heterocycles. The fourth-order valence-corrected chi connectivity index (χ4v) is 2.08. The first kappa shape index (κ1) is 9.62. The zero-order chi connectivity index (χ0) is 10.1. The Kier molecular flexibility index (Phi) is 2.52. The van der Waals surface area contributed by atoms with Crippen LogP contribution in [0.3, 0.4) is 0 Å². The molecule has 0 amide bonds. The number of rotatable bonds is 1. The Hall–Kier alpha value is -0.930. The van der Waals surface area contributed by atoms with Crippen molar-refractivity contribution in [3.05, 3.63) is 34.6 Å². The van der Waals surface area contributed by atoms with Crippen LogP contribution in [0.5, 0.6) is 0 Å². The summed E-state index contributed by atoms with van der Waals surface area (Å²) in [5.41, 5.74) is 7.81. The van der Waals surface area contributed by atoms with Crippen LogP contribution in [-0.4, -0.2) is 5.11 Å². The number of aliphatic hydroxyl groups is 1. The third-order valence-corrected chi connectivity index (χ3v) is 2.85. The molecular formula is C11H14FNO. The fraction of sp³-hybridized carbons (Fsp3) is 0.455. The Morgan fingerprint density at radius 1 is 1.50 bits per heavy atom. The first-order chi connectivity index (χ1) is 6.74. The van der Waals surface area contributed by atoms with Crippen LogP contribution in [0.25, 0.3) is 0 Å². The van der Waals surface area contributed by atoms with Crippen molar-refractivity contribution < 1.29 is 9.50 Å².